The number of rotatable bonds is 6. The van der Waals surface area contributed by atoms with Gasteiger partial charge < -0.3 is 14.8 Å². The lowest BCUT2D eigenvalue weighted by Crippen LogP contribution is -2.63. The van der Waals surface area contributed by atoms with Gasteiger partial charge in [-0.2, -0.15) is 4.31 Å². The molecule has 3 aliphatic carbocycles. The third-order valence-electron chi connectivity index (χ3n) is 7.97. The molecular weight excluding hydrogens is 473 g/mol. The molecule has 6 unspecified atom stereocenters. The highest BCUT2D eigenvalue weighted by atomic mass is 32.2. The van der Waals surface area contributed by atoms with Crippen molar-refractivity contribution in [2.75, 3.05) is 20.3 Å². The molecule has 1 amide bonds. The van der Waals surface area contributed by atoms with E-state index in [-0.39, 0.29) is 57.8 Å². The fraction of sp³-hybridized carbons (Fsp3) is 0.957. The van der Waals surface area contributed by atoms with Crippen molar-refractivity contribution in [2.24, 2.45) is 5.92 Å². The molecule has 6 atom stereocenters. The first-order valence-electron chi connectivity index (χ1n) is 12.6. The minimum atomic E-state index is -3.72. The average molecular weight is 511 g/mol. The highest BCUT2D eigenvalue weighted by Gasteiger charge is 2.49. The van der Waals surface area contributed by atoms with Crippen molar-refractivity contribution in [1.29, 1.82) is 0 Å². The largest absolute Gasteiger partial charge is 0.382 e. The maximum atomic E-state index is 14.3. The molecule has 0 radical (unpaired) electrons. The van der Waals surface area contributed by atoms with Gasteiger partial charge in [-0.05, 0) is 64.2 Å². The summed E-state index contributed by atoms with van der Waals surface area (Å²) < 4.78 is 82.4. The van der Waals surface area contributed by atoms with Gasteiger partial charge in [0.1, 0.15) is 24.4 Å². The van der Waals surface area contributed by atoms with Gasteiger partial charge in [0, 0.05) is 19.7 Å². The number of carbonyl (C=O) groups excluding carboxylic acids is 1. The standard InChI is InChI=1S/C23H37F3N2O5S/c1-32-13-16-12-28(34(30,31)17-8-5-14(24)6-9-17)20-11-15(7-10-21(20)33-16)27-23(29)22-18(25)3-2-4-19(22)26/h14-22H,2-13H2,1H3,(H,27,29). The van der Waals surface area contributed by atoms with E-state index >= 15 is 0 Å². The molecule has 4 fully saturated rings. The Morgan fingerprint density at radius 3 is 2.35 bits per heavy atom. The molecule has 11 heteroatoms. The molecule has 1 saturated heterocycles. The van der Waals surface area contributed by atoms with Crippen LogP contribution in [0.5, 0.6) is 0 Å². The SMILES string of the molecule is COCC1CN(S(=O)(=O)C2CCC(F)CC2)C2CC(NC(=O)C3C(F)CCCC3F)CCC2O1. The fourth-order valence-corrected chi connectivity index (χ4v) is 8.36. The first-order chi connectivity index (χ1) is 16.2. The summed E-state index contributed by atoms with van der Waals surface area (Å²) in [5, 5.41) is 2.17. The number of amides is 1. The number of hydrogen-bond acceptors (Lipinski definition) is 5. The highest BCUT2D eigenvalue weighted by Crippen LogP contribution is 2.37. The predicted molar refractivity (Wildman–Crippen MR) is 120 cm³/mol. The van der Waals surface area contributed by atoms with Crippen LogP contribution in [0.15, 0.2) is 0 Å². The van der Waals surface area contributed by atoms with E-state index in [4.69, 9.17) is 9.47 Å². The number of halogens is 3. The van der Waals surface area contributed by atoms with Gasteiger partial charge in [0.25, 0.3) is 0 Å². The topological polar surface area (TPSA) is 84.9 Å². The second kappa shape index (κ2) is 11.0. The van der Waals surface area contributed by atoms with Crippen LogP contribution >= 0.6 is 0 Å². The van der Waals surface area contributed by atoms with E-state index in [1.807, 2.05) is 0 Å². The number of hydrogen-bond donors (Lipinski definition) is 1. The van der Waals surface area contributed by atoms with Gasteiger partial charge in [0.2, 0.25) is 15.9 Å². The Labute approximate surface area is 200 Å². The molecule has 196 valence electrons. The number of carbonyl (C=O) groups is 1. The van der Waals surface area contributed by atoms with Crippen LogP contribution in [-0.2, 0) is 24.3 Å². The zero-order valence-corrected chi connectivity index (χ0v) is 20.5. The number of methoxy groups -OCH3 is 1. The number of sulfonamides is 1. The molecular formula is C23H37F3N2O5S. The van der Waals surface area contributed by atoms with Gasteiger partial charge in [-0.3, -0.25) is 4.79 Å². The normalized spacial score (nSPS) is 42.1. The second-order valence-electron chi connectivity index (χ2n) is 10.3. The summed E-state index contributed by atoms with van der Waals surface area (Å²) in [5.74, 6) is -1.94. The maximum Gasteiger partial charge on any atom is 0.229 e. The van der Waals surface area contributed by atoms with Crippen molar-refractivity contribution in [2.45, 2.75) is 112 Å². The monoisotopic (exact) mass is 510 g/mol. The van der Waals surface area contributed by atoms with Crippen molar-refractivity contribution in [3.63, 3.8) is 0 Å². The van der Waals surface area contributed by atoms with Crippen LogP contribution in [-0.4, -0.2) is 86.9 Å². The van der Waals surface area contributed by atoms with Crippen LogP contribution in [0.25, 0.3) is 0 Å². The van der Waals surface area contributed by atoms with Gasteiger partial charge in [-0.1, -0.05) is 0 Å². The van der Waals surface area contributed by atoms with E-state index < -0.39 is 63.8 Å². The fourth-order valence-electron chi connectivity index (χ4n) is 6.14. The number of nitrogens with zero attached hydrogens (tertiary/aromatic N) is 1. The van der Waals surface area contributed by atoms with E-state index in [1.54, 1.807) is 0 Å². The smallest absolute Gasteiger partial charge is 0.229 e. The van der Waals surface area contributed by atoms with Gasteiger partial charge in [-0.15, -0.1) is 0 Å². The Hall–Kier alpha value is -0.910. The van der Waals surface area contributed by atoms with Gasteiger partial charge in [0.05, 0.1) is 30.1 Å². The molecule has 4 aliphatic rings. The predicted octanol–water partition coefficient (Wildman–Crippen LogP) is 2.83. The lowest BCUT2D eigenvalue weighted by molar-refractivity contribution is -0.138. The maximum absolute atomic E-state index is 14.3. The lowest BCUT2D eigenvalue weighted by Gasteiger charge is -2.49. The molecule has 0 aromatic carbocycles. The Bertz CT molecular complexity index is 800. The molecule has 3 saturated carbocycles. The molecule has 1 N–H and O–H groups in total. The first-order valence-corrected chi connectivity index (χ1v) is 14.1. The Kier molecular flexibility index (Phi) is 8.47. The number of morpholine rings is 1. The van der Waals surface area contributed by atoms with Crippen molar-refractivity contribution in [3.05, 3.63) is 0 Å². The van der Waals surface area contributed by atoms with Crippen molar-refractivity contribution in [3.8, 4) is 0 Å². The molecule has 4 rings (SSSR count). The Morgan fingerprint density at radius 2 is 1.71 bits per heavy atom. The van der Waals surface area contributed by atoms with Crippen LogP contribution in [0, 0.1) is 5.92 Å². The number of ether oxygens (including phenoxy) is 2. The van der Waals surface area contributed by atoms with Crippen LogP contribution in [0.2, 0.25) is 0 Å². The molecule has 0 bridgehead atoms. The zero-order valence-electron chi connectivity index (χ0n) is 19.7. The zero-order chi connectivity index (χ0) is 24.5. The van der Waals surface area contributed by atoms with Crippen molar-refractivity contribution >= 4 is 15.9 Å². The quantitative estimate of drug-likeness (QED) is 0.594. The molecule has 0 aromatic heterocycles. The molecule has 1 heterocycles. The summed E-state index contributed by atoms with van der Waals surface area (Å²) in [5.41, 5.74) is 0. The van der Waals surface area contributed by atoms with Crippen molar-refractivity contribution < 1.29 is 35.9 Å². The first kappa shape index (κ1) is 26.2. The summed E-state index contributed by atoms with van der Waals surface area (Å²) in [4.78, 5) is 12.7. The lowest BCUT2D eigenvalue weighted by atomic mass is 9.83. The Morgan fingerprint density at radius 1 is 1.03 bits per heavy atom. The van der Waals surface area contributed by atoms with Crippen molar-refractivity contribution in [1.82, 2.24) is 9.62 Å². The van der Waals surface area contributed by atoms with Crippen LogP contribution in [0.3, 0.4) is 0 Å². The van der Waals surface area contributed by atoms with E-state index in [0.29, 0.717) is 25.7 Å². The van der Waals surface area contributed by atoms with Gasteiger partial charge >= 0.3 is 0 Å². The summed E-state index contributed by atoms with van der Waals surface area (Å²) in [6.07, 6.45) is -1.55. The van der Waals surface area contributed by atoms with E-state index in [9.17, 15) is 26.4 Å². The van der Waals surface area contributed by atoms with Crippen LogP contribution in [0.4, 0.5) is 13.2 Å². The third-order valence-corrected chi connectivity index (χ3v) is 10.4. The second-order valence-corrected chi connectivity index (χ2v) is 12.5. The minimum Gasteiger partial charge on any atom is -0.382 e. The van der Waals surface area contributed by atoms with Gasteiger partial charge in [0.15, 0.2) is 0 Å². The van der Waals surface area contributed by atoms with Gasteiger partial charge in [-0.25, -0.2) is 21.6 Å². The molecule has 0 aromatic rings. The van der Waals surface area contributed by atoms with Crippen LogP contribution in [0.1, 0.15) is 64.2 Å². The summed E-state index contributed by atoms with van der Waals surface area (Å²) in [6, 6.07) is -0.883. The number of alkyl halides is 3. The summed E-state index contributed by atoms with van der Waals surface area (Å²) in [7, 11) is -2.19. The van der Waals surface area contributed by atoms with E-state index in [0.717, 1.165) is 0 Å². The number of nitrogens with one attached hydrogen (secondary N) is 1. The Balaban J connectivity index is 1.48. The van der Waals surface area contributed by atoms with Crippen LogP contribution < -0.4 is 5.32 Å². The highest BCUT2D eigenvalue weighted by molar-refractivity contribution is 7.89. The molecule has 7 nitrogen and oxygen atoms in total. The number of fused-ring (bicyclic) bond motifs is 1. The minimum absolute atomic E-state index is 0.134. The van der Waals surface area contributed by atoms with E-state index in [1.165, 1.54) is 11.4 Å². The third kappa shape index (κ3) is 5.57. The summed E-state index contributed by atoms with van der Waals surface area (Å²) in [6.45, 7) is 0.388. The molecule has 0 spiro atoms. The average Bonchev–Trinajstić information content (AvgIpc) is 2.79. The van der Waals surface area contributed by atoms with E-state index in [2.05, 4.69) is 5.32 Å². The molecule has 1 aliphatic heterocycles. The summed E-state index contributed by atoms with van der Waals surface area (Å²) >= 11 is 0. The molecule has 34 heavy (non-hydrogen) atoms.